The molecule has 0 aromatic heterocycles. The van der Waals surface area contributed by atoms with Crippen LogP contribution >= 0.6 is 0 Å². The summed E-state index contributed by atoms with van der Waals surface area (Å²) < 4.78 is 0. The number of hydrogen-bond acceptors (Lipinski definition) is 2. The maximum atomic E-state index is 4.24. The first kappa shape index (κ1) is 6.33. The van der Waals surface area contributed by atoms with Gasteiger partial charge in [-0.15, -0.1) is 0 Å². The zero-order valence-corrected chi connectivity index (χ0v) is 5.96. The number of rotatable bonds is 0. The minimum Gasteiger partial charge on any atom is -0.276 e. The first-order chi connectivity index (χ1) is 4.29. The van der Waals surface area contributed by atoms with Gasteiger partial charge in [0.25, 0.3) is 0 Å². The number of allylic oxidation sites excluding steroid dienone is 1. The molecule has 0 spiro atoms. The fourth-order valence-electron chi connectivity index (χ4n) is 0.872. The normalized spacial score (nSPS) is 19.3. The fourth-order valence-corrected chi connectivity index (χ4v) is 0.872. The van der Waals surface area contributed by atoms with Gasteiger partial charge in [0.05, 0.1) is 0 Å². The average Bonchev–Trinajstić information content (AvgIpc) is 1.93. The van der Waals surface area contributed by atoms with Crippen molar-refractivity contribution in [1.82, 2.24) is 5.01 Å². The zero-order valence-electron chi connectivity index (χ0n) is 5.96. The second-order valence-electron chi connectivity index (χ2n) is 2.33. The molecule has 0 atom stereocenters. The van der Waals surface area contributed by atoms with Crippen molar-refractivity contribution in [3.05, 3.63) is 12.3 Å². The van der Waals surface area contributed by atoms with Gasteiger partial charge in [-0.05, 0) is 19.8 Å². The number of nitrogens with zero attached hydrogens (tertiary/aromatic N) is 2. The van der Waals surface area contributed by atoms with Crippen LogP contribution in [0.15, 0.2) is 17.4 Å². The molecule has 0 N–H and O–H groups in total. The Morgan fingerprint density at radius 3 is 3.22 bits per heavy atom. The SMILES string of the molecule is CC1=NN(C)C=CCC1. The Morgan fingerprint density at radius 2 is 2.44 bits per heavy atom. The Kier molecular flexibility index (Phi) is 1.88. The smallest absolute Gasteiger partial charge is 0.0356 e. The molecule has 0 amide bonds. The van der Waals surface area contributed by atoms with Gasteiger partial charge in [-0.3, -0.25) is 5.01 Å². The van der Waals surface area contributed by atoms with E-state index in [0.717, 1.165) is 12.8 Å². The monoisotopic (exact) mass is 124 g/mol. The van der Waals surface area contributed by atoms with Crippen molar-refractivity contribution >= 4 is 5.71 Å². The van der Waals surface area contributed by atoms with Gasteiger partial charge in [-0.25, -0.2) is 0 Å². The molecule has 0 radical (unpaired) electrons. The Balaban J connectivity index is 2.62. The molecule has 0 aromatic rings. The topological polar surface area (TPSA) is 15.6 Å². The highest BCUT2D eigenvalue weighted by Crippen LogP contribution is 2.02. The van der Waals surface area contributed by atoms with Gasteiger partial charge < -0.3 is 0 Å². The Hall–Kier alpha value is -0.790. The predicted octanol–water partition coefficient (Wildman–Crippen LogP) is 1.60. The molecule has 0 aromatic carbocycles. The quantitative estimate of drug-likeness (QED) is 0.479. The minimum atomic E-state index is 1.10. The van der Waals surface area contributed by atoms with Gasteiger partial charge in [0.15, 0.2) is 0 Å². The lowest BCUT2D eigenvalue weighted by atomic mass is 10.2. The Labute approximate surface area is 55.9 Å². The maximum Gasteiger partial charge on any atom is 0.0356 e. The van der Waals surface area contributed by atoms with E-state index in [1.54, 1.807) is 0 Å². The molecule has 1 aliphatic rings. The van der Waals surface area contributed by atoms with Crippen LogP contribution in [0.1, 0.15) is 19.8 Å². The van der Waals surface area contributed by atoms with Gasteiger partial charge in [0.2, 0.25) is 0 Å². The standard InChI is InChI=1S/C7H12N2/c1-7-5-3-4-6-9(2)8-7/h4,6H,3,5H2,1-2H3. The lowest BCUT2D eigenvalue weighted by Gasteiger charge is -2.04. The first-order valence-corrected chi connectivity index (χ1v) is 3.22. The predicted molar refractivity (Wildman–Crippen MR) is 39.2 cm³/mol. The Morgan fingerprint density at radius 1 is 1.67 bits per heavy atom. The van der Waals surface area contributed by atoms with Crippen LogP contribution in [-0.2, 0) is 0 Å². The van der Waals surface area contributed by atoms with Crippen LogP contribution < -0.4 is 0 Å². The van der Waals surface area contributed by atoms with Crippen LogP contribution in [0.25, 0.3) is 0 Å². The molecule has 2 heteroatoms. The molecule has 9 heavy (non-hydrogen) atoms. The minimum absolute atomic E-state index is 1.10. The van der Waals surface area contributed by atoms with E-state index in [1.165, 1.54) is 5.71 Å². The summed E-state index contributed by atoms with van der Waals surface area (Å²) in [5.74, 6) is 0. The largest absolute Gasteiger partial charge is 0.276 e. The van der Waals surface area contributed by atoms with Crippen molar-refractivity contribution in [1.29, 1.82) is 0 Å². The van der Waals surface area contributed by atoms with E-state index in [2.05, 4.69) is 18.1 Å². The summed E-state index contributed by atoms with van der Waals surface area (Å²) in [5.41, 5.74) is 1.21. The molecule has 0 aliphatic carbocycles. The van der Waals surface area contributed by atoms with Crippen LogP contribution in [0, 0.1) is 0 Å². The lowest BCUT2D eigenvalue weighted by molar-refractivity contribution is 0.491. The van der Waals surface area contributed by atoms with Crippen molar-refractivity contribution < 1.29 is 0 Å². The molecular formula is C7H12N2. The van der Waals surface area contributed by atoms with E-state index >= 15 is 0 Å². The molecule has 50 valence electrons. The molecule has 0 unspecified atom stereocenters. The third-order valence-corrected chi connectivity index (χ3v) is 1.32. The molecule has 1 heterocycles. The molecule has 0 saturated carbocycles. The van der Waals surface area contributed by atoms with Crippen molar-refractivity contribution in [2.75, 3.05) is 7.05 Å². The summed E-state index contributed by atoms with van der Waals surface area (Å²) in [7, 11) is 1.95. The van der Waals surface area contributed by atoms with E-state index in [9.17, 15) is 0 Å². The van der Waals surface area contributed by atoms with Gasteiger partial charge in [-0.2, -0.15) is 5.10 Å². The molecule has 1 rings (SSSR count). The summed E-state index contributed by atoms with van der Waals surface area (Å²) in [4.78, 5) is 0. The number of hydrogen-bond donors (Lipinski definition) is 0. The van der Waals surface area contributed by atoms with E-state index < -0.39 is 0 Å². The molecular weight excluding hydrogens is 112 g/mol. The summed E-state index contributed by atoms with van der Waals surface area (Å²) in [5, 5.41) is 6.09. The van der Waals surface area contributed by atoms with Crippen molar-refractivity contribution in [2.24, 2.45) is 5.10 Å². The van der Waals surface area contributed by atoms with Gasteiger partial charge in [-0.1, -0.05) is 6.08 Å². The van der Waals surface area contributed by atoms with E-state index in [0.29, 0.717) is 0 Å². The van der Waals surface area contributed by atoms with Crippen molar-refractivity contribution in [2.45, 2.75) is 19.8 Å². The van der Waals surface area contributed by atoms with Gasteiger partial charge in [0.1, 0.15) is 0 Å². The third kappa shape index (κ3) is 1.88. The van der Waals surface area contributed by atoms with Crippen LogP contribution in [0.2, 0.25) is 0 Å². The molecule has 0 saturated heterocycles. The summed E-state index contributed by atoms with van der Waals surface area (Å²) in [6.07, 6.45) is 6.36. The molecule has 0 bridgehead atoms. The molecule has 0 fully saturated rings. The van der Waals surface area contributed by atoms with Crippen molar-refractivity contribution in [3.63, 3.8) is 0 Å². The van der Waals surface area contributed by atoms with Gasteiger partial charge in [0, 0.05) is 19.0 Å². The third-order valence-electron chi connectivity index (χ3n) is 1.32. The summed E-state index contributed by atoms with van der Waals surface area (Å²) in [6.45, 7) is 2.06. The highest BCUT2D eigenvalue weighted by molar-refractivity contribution is 5.81. The van der Waals surface area contributed by atoms with E-state index in [4.69, 9.17) is 0 Å². The second-order valence-corrected chi connectivity index (χ2v) is 2.33. The average molecular weight is 124 g/mol. The lowest BCUT2D eigenvalue weighted by Crippen LogP contribution is -2.02. The zero-order chi connectivity index (χ0) is 6.69. The van der Waals surface area contributed by atoms with Crippen LogP contribution in [0.5, 0.6) is 0 Å². The van der Waals surface area contributed by atoms with Crippen LogP contribution in [0.3, 0.4) is 0 Å². The molecule has 2 nitrogen and oxygen atoms in total. The summed E-state index contributed by atoms with van der Waals surface area (Å²) in [6, 6.07) is 0. The van der Waals surface area contributed by atoms with Crippen molar-refractivity contribution in [3.8, 4) is 0 Å². The summed E-state index contributed by atoms with van der Waals surface area (Å²) >= 11 is 0. The highest BCUT2D eigenvalue weighted by atomic mass is 15.4. The Bertz CT molecular complexity index is 147. The van der Waals surface area contributed by atoms with E-state index in [1.807, 2.05) is 18.3 Å². The van der Waals surface area contributed by atoms with Gasteiger partial charge >= 0.3 is 0 Å². The number of hydrazone groups is 1. The maximum absolute atomic E-state index is 4.24. The van der Waals surface area contributed by atoms with E-state index in [-0.39, 0.29) is 0 Å². The second kappa shape index (κ2) is 2.67. The van der Waals surface area contributed by atoms with Crippen LogP contribution in [0.4, 0.5) is 0 Å². The molecule has 1 aliphatic heterocycles. The first-order valence-electron chi connectivity index (χ1n) is 3.22. The fraction of sp³-hybridized carbons (Fsp3) is 0.571. The highest BCUT2D eigenvalue weighted by Gasteiger charge is 1.95. The van der Waals surface area contributed by atoms with Crippen LogP contribution in [-0.4, -0.2) is 17.8 Å².